The Kier molecular flexibility index (Phi) is 4.98. The third-order valence-corrected chi connectivity index (χ3v) is 4.49. The number of ether oxygens (including phenoxy) is 2. The van der Waals surface area contributed by atoms with Crippen molar-refractivity contribution in [1.29, 1.82) is 0 Å². The molecule has 2 atom stereocenters. The van der Waals surface area contributed by atoms with Crippen molar-refractivity contribution in [2.45, 2.75) is 40.7 Å². The van der Waals surface area contributed by atoms with Gasteiger partial charge in [0.05, 0.1) is 13.0 Å². The van der Waals surface area contributed by atoms with Gasteiger partial charge in [-0.1, -0.05) is 45.9 Å². The van der Waals surface area contributed by atoms with Crippen LogP contribution in [-0.2, 0) is 9.53 Å². The Morgan fingerprint density at radius 1 is 1.00 bits per heavy atom. The van der Waals surface area contributed by atoms with Crippen molar-refractivity contribution in [3.63, 3.8) is 0 Å². The maximum Gasteiger partial charge on any atom is 0.309 e. The van der Waals surface area contributed by atoms with Crippen molar-refractivity contribution < 1.29 is 14.3 Å². The number of methoxy groups -OCH3 is 1. The quantitative estimate of drug-likeness (QED) is 0.733. The monoisotopic (exact) mass is 314 g/mol. The molecule has 2 aromatic carbocycles. The highest BCUT2D eigenvalue weighted by molar-refractivity contribution is 5.84. The van der Waals surface area contributed by atoms with E-state index in [2.05, 4.69) is 6.07 Å². The highest BCUT2D eigenvalue weighted by atomic mass is 16.5. The predicted octanol–water partition coefficient (Wildman–Crippen LogP) is 5.13. The van der Waals surface area contributed by atoms with Crippen LogP contribution in [0.3, 0.4) is 0 Å². The van der Waals surface area contributed by atoms with Crippen molar-refractivity contribution >= 4 is 16.7 Å². The Labute approximate surface area is 138 Å². The average Bonchev–Trinajstić information content (AvgIpc) is 2.51. The van der Waals surface area contributed by atoms with Crippen molar-refractivity contribution in [3.8, 4) is 5.75 Å². The predicted molar refractivity (Wildman–Crippen MR) is 93.6 cm³/mol. The lowest BCUT2D eigenvalue weighted by Crippen LogP contribution is -2.28. The van der Waals surface area contributed by atoms with Crippen molar-refractivity contribution in [1.82, 2.24) is 0 Å². The van der Waals surface area contributed by atoms with Crippen LogP contribution in [0.25, 0.3) is 10.8 Å². The first-order valence-electron chi connectivity index (χ1n) is 8.00. The fourth-order valence-electron chi connectivity index (χ4n) is 2.32. The lowest BCUT2D eigenvalue weighted by Gasteiger charge is -2.27. The van der Waals surface area contributed by atoms with E-state index < -0.39 is 0 Å². The maximum absolute atomic E-state index is 12.3. The lowest BCUT2D eigenvalue weighted by atomic mass is 9.82. The second-order valence-electron chi connectivity index (χ2n) is 7.14. The first-order chi connectivity index (χ1) is 10.7. The van der Waals surface area contributed by atoms with Gasteiger partial charge in [-0.05, 0) is 46.9 Å². The summed E-state index contributed by atoms with van der Waals surface area (Å²) in [5, 5.41) is 2.21. The van der Waals surface area contributed by atoms with Crippen LogP contribution in [-0.4, -0.2) is 13.1 Å². The Morgan fingerprint density at radius 3 is 2.22 bits per heavy atom. The molecule has 0 bridgehead atoms. The van der Waals surface area contributed by atoms with Crippen LogP contribution >= 0.6 is 0 Å². The van der Waals surface area contributed by atoms with Gasteiger partial charge in [0.25, 0.3) is 0 Å². The average molecular weight is 314 g/mol. The van der Waals surface area contributed by atoms with Crippen molar-refractivity contribution in [2.75, 3.05) is 7.11 Å². The van der Waals surface area contributed by atoms with Gasteiger partial charge in [0.2, 0.25) is 0 Å². The topological polar surface area (TPSA) is 35.5 Å². The van der Waals surface area contributed by atoms with E-state index in [9.17, 15) is 4.79 Å². The number of fused-ring (bicyclic) bond motifs is 1. The smallest absolute Gasteiger partial charge is 0.309 e. The number of rotatable bonds is 4. The number of benzene rings is 2. The Balaban J connectivity index is 2.18. The molecule has 0 aliphatic heterocycles. The minimum atomic E-state index is -0.265. The molecule has 0 aliphatic carbocycles. The number of carbonyl (C=O) groups is 1. The third kappa shape index (κ3) is 4.04. The van der Waals surface area contributed by atoms with Crippen LogP contribution in [0.15, 0.2) is 36.4 Å². The van der Waals surface area contributed by atoms with Gasteiger partial charge >= 0.3 is 5.97 Å². The van der Waals surface area contributed by atoms with Gasteiger partial charge in [-0.15, -0.1) is 0 Å². The zero-order valence-electron chi connectivity index (χ0n) is 14.8. The summed E-state index contributed by atoms with van der Waals surface area (Å²) in [5.41, 5.74) is 0.897. The minimum absolute atomic E-state index is 0.100. The van der Waals surface area contributed by atoms with Crippen molar-refractivity contribution in [2.24, 2.45) is 11.3 Å². The van der Waals surface area contributed by atoms with Crippen LogP contribution in [0.2, 0.25) is 0 Å². The summed E-state index contributed by atoms with van der Waals surface area (Å²) in [5.74, 6) is 0.540. The van der Waals surface area contributed by atoms with Crippen LogP contribution in [0.5, 0.6) is 5.75 Å². The molecule has 0 aliphatic rings. The van der Waals surface area contributed by atoms with Gasteiger partial charge in [-0.3, -0.25) is 4.79 Å². The van der Waals surface area contributed by atoms with Gasteiger partial charge in [0.1, 0.15) is 11.9 Å². The first kappa shape index (κ1) is 17.3. The molecule has 2 aromatic rings. The number of esters is 1. The summed E-state index contributed by atoms with van der Waals surface area (Å²) in [6.07, 6.45) is -0.265. The number of hydrogen-bond acceptors (Lipinski definition) is 3. The third-order valence-electron chi connectivity index (χ3n) is 4.49. The first-order valence-corrected chi connectivity index (χ1v) is 8.00. The molecule has 0 N–H and O–H groups in total. The molecule has 0 amide bonds. The molecule has 2 unspecified atom stereocenters. The molecule has 0 fully saturated rings. The van der Waals surface area contributed by atoms with E-state index in [4.69, 9.17) is 9.47 Å². The molecule has 0 spiro atoms. The maximum atomic E-state index is 12.3. The second kappa shape index (κ2) is 6.61. The molecule has 0 heterocycles. The van der Waals surface area contributed by atoms with Gasteiger partial charge in [0, 0.05) is 0 Å². The molecule has 124 valence electrons. The molecule has 0 saturated heterocycles. The van der Waals surface area contributed by atoms with E-state index in [-0.39, 0.29) is 23.4 Å². The summed E-state index contributed by atoms with van der Waals surface area (Å²) in [4.78, 5) is 12.3. The van der Waals surface area contributed by atoms with Gasteiger partial charge in [0.15, 0.2) is 0 Å². The molecular weight excluding hydrogens is 288 g/mol. The molecular formula is C20H26O3. The normalized spacial score (nSPS) is 14.3. The van der Waals surface area contributed by atoms with Crippen LogP contribution < -0.4 is 4.74 Å². The summed E-state index contributed by atoms with van der Waals surface area (Å²) in [7, 11) is 1.66. The molecule has 0 radical (unpaired) electrons. The van der Waals surface area contributed by atoms with E-state index in [1.165, 1.54) is 0 Å². The Hall–Kier alpha value is -2.03. The Morgan fingerprint density at radius 2 is 1.61 bits per heavy atom. The van der Waals surface area contributed by atoms with E-state index in [0.717, 1.165) is 22.1 Å². The summed E-state index contributed by atoms with van der Waals surface area (Å²) >= 11 is 0. The number of hydrogen-bond donors (Lipinski definition) is 0. The minimum Gasteiger partial charge on any atom is -0.497 e. The van der Waals surface area contributed by atoms with Crippen LogP contribution in [0, 0.1) is 11.3 Å². The Bertz CT molecular complexity index is 698. The SMILES string of the molecule is COc1ccc2cc(C(C)OC(=O)C(C)C(C)(C)C)ccc2c1. The van der Waals surface area contributed by atoms with E-state index in [1.54, 1.807) is 7.11 Å². The second-order valence-corrected chi connectivity index (χ2v) is 7.14. The van der Waals surface area contributed by atoms with E-state index >= 15 is 0 Å². The zero-order valence-corrected chi connectivity index (χ0v) is 14.8. The molecule has 0 aromatic heterocycles. The highest BCUT2D eigenvalue weighted by Gasteiger charge is 2.29. The molecule has 3 heteroatoms. The molecule has 0 saturated carbocycles. The largest absolute Gasteiger partial charge is 0.497 e. The van der Waals surface area contributed by atoms with Gasteiger partial charge < -0.3 is 9.47 Å². The fourth-order valence-corrected chi connectivity index (χ4v) is 2.32. The lowest BCUT2D eigenvalue weighted by molar-refractivity contribution is -0.156. The molecule has 23 heavy (non-hydrogen) atoms. The summed E-state index contributed by atoms with van der Waals surface area (Å²) in [6, 6.07) is 12.0. The number of carbonyl (C=O) groups excluding carboxylic acids is 1. The van der Waals surface area contributed by atoms with E-state index in [0.29, 0.717) is 0 Å². The van der Waals surface area contributed by atoms with Crippen molar-refractivity contribution in [3.05, 3.63) is 42.0 Å². The zero-order chi connectivity index (χ0) is 17.2. The fraction of sp³-hybridized carbons (Fsp3) is 0.450. The van der Waals surface area contributed by atoms with Gasteiger partial charge in [-0.25, -0.2) is 0 Å². The summed E-state index contributed by atoms with van der Waals surface area (Å²) < 4.78 is 10.9. The molecule has 3 nitrogen and oxygen atoms in total. The van der Waals surface area contributed by atoms with Crippen LogP contribution in [0.4, 0.5) is 0 Å². The van der Waals surface area contributed by atoms with Gasteiger partial charge in [-0.2, -0.15) is 0 Å². The van der Waals surface area contributed by atoms with E-state index in [1.807, 2.05) is 65.0 Å². The standard InChI is InChI=1S/C20H26O3/c1-13(20(3,4)5)19(21)23-14(2)15-7-8-17-12-18(22-6)10-9-16(17)11-15/h7-14H,1-6H3. The van der Waals surface area contributed by atoms with Crippen LogP contribution in [0.1, 0.15) is 46.3 Å². The molecule has 2 rings (SSSR count). The highest BCUT2D eigenvalue weighted by Crippen LogP contribution is 2.30. The summed E-state index contributed by atoms with van der Waals surface area (Å²) in [6.45, 7) is 9.98.